The molecule has 1 fully saturated rings. The number of nitrogens with zero attached hydrogens (tertiary/aromatic N) is 1. The van der Waals surface area contributed by atoms with Crippen molar-refractivity contribution in [3.63, 3.8) is 0 Å². The SMILES string of the molecule is CC[C@H](Oc1cccc2ccccc12)C(=O)NCCOc1ccc(S(=O)(=O)N2CCOCC2)cc1. The molecule has 0 unspecified atom stereocenters. The Balaban J connectivity index is 1.26. The molecule has 4 rings (SSSR count). The van der Waals surface area contributed by atoms with Crippen molar-refractivity contribution in [1.29, 1.82) is 0 Å². The maximum atomic E-state index is 12.7. The van der Waals surface area contributed by atoms with Crippen molar-refractivity contribution in [3.05, 3.63) is 66.7 Å². The molecule has 1 atom stereocenters. The molecule has 35 heavy (non-hydrogen) atoms. The summed E-state index contributed by atoms with van der Waals surface area (Å²) in [6, 6.07) is 20.0. The Morgan fingerprint density at radius 3 is 2.49 bits per heavy atom. The Labute approximate surface area is 205 Å². The van der Waals surface area contributed by atoms with Crippen LogP contribution in [0.4, 0.5) is 0 Å². The quantitative estimate of drug-likeness (QED) is 0.432. The van der Waals surface area contributed by atoms with E-state index in [1.165, 1.54) is 16.4 Å². The Kier molecular flexibility index (Phi) is 8.22. The van der Waals surface area contributed by atoms with Crippen molar-refractivity contribution in [3.8, 4) is 11.5 Å². The second-order valence-electron chi connectivity index (χ2n) is 8.12. The number of rotatable bonds is 10. The van der Waals surface area contributed by atoms with Crippen molar-refractivity contribution in [1.82, 2.24) is 9.62 Å². The Morgan fingerprint density at radius 2 is 1.74 bits per heavy atom. The van der Waals surface area contributed by atoms with Crippen LogP contribution in [0.2, 0.25) is 0 Å². The van der Waals surface area contributed by atoms with Crippen LogP contribution in [-0.2, 0) is 19.6 Å². The van der Waals surface area contributed by atoms with Gasteiger partial charge >= 0.3 is 0 Å². The molecular weight excluding hydrogens is 468 g/mol. The molecule has 1 N–H and O–H groups in total. The Morgan fingerprint density at radius 1 is 1.03 bits per heavy atom. The van der Waals surface area contributed by atoms with Crippen LogP contribution in [0.5, 0.6) is 11.5 Å². The van der Waals surface area contributed by atoms with Gasteiger partial charge in [0.15, 0.2) is 6.10 Å². The number of benzene rings is 3. The lowest BCUT2D eigenvalue weighted by Gasteiger charge is -2.26. The van der Waals surface area contributed by atoms with Gasteiger partial charge in [0.05, 0.1) is 24.7 Å². The lowest BCUT2D eigenvalue weighted by molar-refractivity contribution is -0.128. The van der Waals surface area contributed by atoms with Crippen LogP contribution in [0.1, 0.15) is 13.3 Å². The van der Waals surface area contributed by atoms with Crippen molar-refractivity contribution in [2.45, 2.75) is 24.3 Å². The van der Waals surface area contributed by atoms with Gasteiger partial charge in [-0.2, -0.15) is 4.31 Å². The predicted octanol–water partition coefficient (Wildman–Crippen LogP) is 3.21. The fraction of sp³-hybridized carbons (Fsp3) is 0.346. The van der Waals surface area contributed by atoms with Gasteiger partial charge in [-0.25, -0.2) is 8.42 Å². The van der Waals surface area contributed by atoms with Gasteiger partial charge in [-0.3, -0.25) is 4.79 Å². The summed E-state index contributed by atoms with van der Waals surface area (Å²) in [6.45, 7) is 3.94. The number of fused-ring (bicyclic) bond motifs is 1. The lowest BCUT2D eigenvalue weighted by atomic mass is 10.1. The zero-order chi connectivity index (χ0) is 24.7. The van der Waals surface area contributed by atoms with Gasteiger partial charge in [0.1, 0.15) is 18.1 Å². The highest BCUT2D eigenvalue weighted by molar-refractivity contribution is 7.89. The molecule has 3 aromatic carbocycles. The summed E-state index contributed by atoms with van der Waals surface area (Å²) in [4.78, 5) is 12.9. The van der Waals surface area contributed by atoms with Gasteiger partial charge in [0, 0.05) is 18.5 Å². The molecule has 1 aliphatic heterocycles. The summed E-state index contributed by atoms with van der Waals surface area (Å²) >= 11 is 0. The minimum absolute atomic E-state index is 0.212. The molecule has 186 valence electrons. The number of ether oxygens (including phenoxy) is 3. The molecule has 3 aromatic rings. The van der Waals surface area contributed by atoms with Crippen LogP contribution in [-0.4, -0.2) is 64.2 Å². The summed E-state index contributed by atoms with van der Waals surface area (Å²) in [5.41, 5.74) is 0. The van der Waals surface area contributed by atoms with Gasteiger partial charge in [0.25, 0.3) is 5.91 Å². The molecule has 1 heterocycles. The summed E-state index contributed by atoms with van der Waals surface area (Å²) in [6.07, 6.45) is -0.0971. The van der Waals surface area contributed by atoms with E-state index in [2.05, 4.69) is 5.32 Å². The second kappa shape index (κ2) is 11.5. The van der Waals surface area contributed by atoms with Gasteiger partial charge in [-0.05, 0) is 42.1 Å². The van der Waals surface area contributed by atoms with Crippen LogP contribution in [0.25, 0.3) is 10.8 Å². The first kappa shape index (κ1) is 25.0. The standard InChI is InChI=1S/C26H30N2O6S/c1-2-24(34-25-9-5-7-20-6-3-4-8-23(20)25)26(29)27-14-17-33-21-10-12-22(13-11-21)35(30,31)28-15-18-32-19-16-28/h3-13,24H,2,14-19H2,1H3,(H,27,29)/t24-/m0/s1. The van der Waals surface area contributed by atoms with Crippen LogP contribution in [0.3, 0.4) is 0 Å². The fourth-order valence-electron chi connectivity index (χ4n) is 3.87. The molecular formula is C26H30N2O6S. The van der Waals surface area contributed by atoms with E-state index in [0.717, 1.165) is 10.8 Å². The van der Waals surface area contributed by atoms with Crippen molar-refractivity contribution in [2.24, 2.45) is 0 Å². The monoisotopic (exact) mass is 498 g/mol. The minimum Gasteiger partial charge on any atom is -0.492 e. The summed E-state index contributed by atoms with van der Waals surface area (Å²) in [7, 11) is -3.54. The average molecular weight is 499 g/mol. The maximum absolute atomic E-state index is 12.7. The first-order valence-corrected chi connectivity index (χ1v) is 13.2. The van der Waals surface area contributed by atoms with Gasteiger partial charge in [-0.15, -0.1) is 0 Å². The average Bonchev–Trinajstić information content (AvgIpc) is 2.90. The number of amides is 1. The predicted molar refractivity (Wildman–Crippen MR) is 133 cm³/mol. The Hall–Kier alpha value is -3.14. The molecule has 1 saturated heterocycles. The van der Waals surface area contributed by atoms with E-state index in [-0.39, 0.29) is 17.4 Å². The number of carbonyl (C=O) groups excluding carboxylic acids is 1. The summed E-state index contributed by atoms with van der Waals surface area (Å²) in [5, 5.41) is 4.86. The molecule has 1 amide bonds. The minimum atomic E-state index is -3.54. The largest absolute Gasteiger partial charge is 0.492 e. The van der Waals surface area contributed by atoms with Crippen molar-refractivity contribution in [2.75, 3.05) is 39.5 Å². The molecule has 0 aliphatic carbocycles. The number of sulfonamides is 1. The highest BCUT2D eigenvalue weighted by atomic mass is 32.2. The van der Waals surface area contributed by atoms with Crippen LogP contribution >= 0.6 is 0 Å². The maximum Gasteiger partial charge on any atom is 0.261 e. The summed E-state index contributed by atoms with van der Waals surface area (Å²) < 4.78 is 43.8. The number of hydrogen-bond acceptors (Lipinski definition) is 6. The third-order valence-corrected chi connectivity index (χ3v) is 7.70. The van der Waals surface area contributed by atoms with Gasteiger partial charge in [-0.1, -0.05) is 43.3 Å². The summed E-state index contributed by atoms with van der Waals surface area (Å²) in [5.74, 6) is 0.990. The molecule has 0 bridgehead atoms. The first-order chi connectivity index (χ1) is 17.0. The normalized spacial score (nSPS) is 15.5. The molecule has 0 radical (unpaired) electrons. The van der Waals surface area contributed by atoms with E-state index >= 15 is 0 Å². The highest BCUT2D eigenvalue weighted by Crippen LogP contribution is 2.26. The van der Waals surface area contributed by atoms with E-state index in [4.69, 9.17) is 14.2 Å². The number of hydrogen-bond donors (Lipinski definition) is 1. The Bertz CT molecular complexity index is 1230. The van der Waals surface area contributed by atoms with Gasteiger partial charge in [0.2, 0.25) is 10.0 Å². The number of nitrogens with one attached hydrogen (secondary N) is 1. The topological polar surface area (TPSA) is 94.2 Å². The molecule has 0 aromatic heterocycles. The van der Waals surface area contributed by atoms with E-state index < -0.39 is 16.1 Å². The zero-order valence-corrected chi connectivity index (χ0v) is 20.5. The third-order valence-electron chi connectivity index (χ3n) is 5.78. The van der Waals surface area contributed by atoms with E-state index in [1.807, 2.05) is 49.4 Å². The van der Waals surface area contributed by atoms with Crippen molar-refractivity contribution < 1.29 is 27.4 Å². The molecule has 8 nitrogen and oxygen atoms in total. The molecule has 9 heteroatoms. The lowest BCUT2D eigenvalue weighted by Crippen LogP contribution is -2.40. The van der Waals surface area contributed by atoms with Gasteiger partial charge < -0.3 is 19.5 Å². The molecule has 0 saturated carbocycles. The van der Waals surface area contributed by atoms with E-state index in [0.29, 0.717) is 50.8 Å². The molecule has 1 aliphatic rings. The smallest absolute Gasteiger partial charge is 0.261 e. The van der Waals surface area contributed by atoms with E-state index in [1.54, 1.807) is 12.1 Å². The zero-order valence-electron chi connectivity index (χ0n) is 19.7. The van der Waals surface area contributed by atoms with Crippen molar-refractivity contribution >= 4 is 26.7 Å². The molecule has 0 spiro atoms. The second-order valence-corrected chi connectivity index (χ2v) is 10.1. The fourth-order valence-corrected chi connectivity index (χ4v) is 5.28. The van der Waals surface area contributed by atoms with E-state index in [9.17, 15) is 13.2 Å². The third kappa shape index (κ3) is 6.11. The van der Waals surface area contributed by atoms with Crippen LogP contribution < -0.4 is 14.8 Å². The van der Waals surface area contributed by atoms with Crippen LogP contribution in [0, 0.1) is 0 Å². The highest BCUT2D eigenvalue weighted by Gasteiger charge is 2.26. The van der Waals surface area contributed by atoms with Crippen LogP contribution in [0.15, 0.2) is 71.6 Å². The number of morpholine rings is 1. The number of carbonyl (C=O) groups is 1. The first-order valence-electron chi connectivity index (χ1n) is 11.7.